The van der Waals surface area contributed by atoms with Gasteiger partial charge in [0.1, 0.15) is 17.2 Å². The maximum absolute atomic E-state index is 11.9. The van der Waals surface area contributed by atoms with Crippen LogP contribution in [0, 0.1) is 0 Å². The summed E-state index contributed by atoms with van der Waals surface area (Å²) in [6.45, 7) is 2.90. The number of phenolic OH excluding ortho intramolecular Hbond substituents is 1. The molecule has 1 heterocycles. The molecule has 0 amide bonds. The molecular weight excluding hydrogens is 316 g/mol. The first kappa shape index (κ1) is 17.3. The molecule has 0 saturated carbocycles. The summed E-state index contributed by atoms with van der Waals surface area (Å²) in [5, 5.41) is 9.62. The normalized spacial score (nSPS) is 16.2. The van der Waals surface area contributed by atoms with Crippen molar-refractivity contribution in [3.05, 3.63) is 53.6 Å². The number of phenols is 1. The molecule has 0 radical (unpaired) electrons. The van der Waals surface area contributed by atoms with E-state index in [4.69, 9.17) is 9.47 Å². The van der Waals surface area contributed by atoms with Gasteiger partial charge in [-0.3, -0.25) is 4.79 Å². The van der Waals surface area contributed by atoms with Gasteiger partial charge in [-0.05, 0) is 30.2 Å². The average molecular weight is 340 g/mol. The second-order valence-electron chi connectivity index (χ2n) is 6.43. The molecular formula is C21H24O4. The lowest BCUT2D eigenvalue weighted by molar-refractivity contribution is -0.135. The van der Waals surface area contributed by atoms with Crippen LogP contribution in [-0.4, -0.2) is 17.7 Å². The molecule has 4 nitrogen and oxygen atoms in total. The van der Waals surface area contributed by atoms with Gasteiger partial charge in [0.05, 0.1) is 13.0 Å². The van der Waals surface area contributed by atoms with Crippen LogP contribution in [0.15, 0.2) is 42.5 Å². The van der Waals surface area contributed by atoms with Crippen molar-refractivity contribution in [1.82, 2.24) is 0 Å². The van der Waals surface area contributed by atoms with Crippen molar-refractivity contribution >= 4 is 5.97 Å². The SMILES string of the molecule is CCCCCCOc1cccc(C2CC(=O)Oc3cc(O)ccc32)c1. The van der Waals surface area contributed by atoms with Crippen molar-refractivity contribution in [3.63, 3.8) is 0 Å². The van der Waals surface area contributed by atoms with E-state index in [1.165, 1.54) is 25.3 Å². The first-order valence-electron chi connectivity index (χ1n) is 8.93. The maximum Gasteiger partial charge on any atom is 0.312 e. The minimum Gasteiger partial charge on any atom is -0.508 e. The molecule has 2 aromatic carbocycles. The second kappa shape index (κ2) is 8.06. The highest BCUT2D eigenvalue weighted by molar-refractivity contribution is 5.78. The number of hydrogen-bond donors (Lipinski definition) is 1. The number of ether oxygens (including phenoxy) is 2. The quantitative estimate of drug-likeness (QED) is 0.447. The Hall–Kier alpha value is -2.49. The van der Waals surface area contributed by atoms with Gasteiger partial charge in [0.15, 0.2) is 0 Å². The molecule has 1 aliphatic rings. The highest BCUT2D eigenvalue weighted by Gasteiger charge is 2.28. The summed E-state index contributed by atoms with van der Waals surface area (Å²) in [5.74, 6) is 0.992. The van der Waals surface area contributed by atoms with Gasteiger partial charge in [-0.15, -0.1) is 0 Å². The molecule has 0 fully saturated rings. The molecule has 1 unspecified atom stereocenters. The molecule has 0 bridgehead atoms. The van der Waals surface area contributed by atoms with Crippen LogP contribution in [0.1, 0.15) is 56.1 Å². The summed E-state index contributed by atoms with van der Waals surface area (Å²) < 4.78 is 11.1. The Kier molecular flexibility index (Phi) is 5.59. The lowest BCUT2D eigenvalue weighted by Crippen LogP contribution is -2.20. The van der Waals surface area contributed by atoms with Crippen LogP contribution in [0.5, 0.6) is 17.2 Å². The van der Waals surface area contributed by atoms with Crippen LogP contribution in [0.3, 0.4) is 0 Å². The Labute approximate surface area is 148 Å². The summed E-state index contributed by atoms with van der Waals surface area (Å²) in [6.07, 6.45) is 4.97. The molecule has 1 aliphatic heterocycles. The van der Waals surface area contributed by atoms with E-state index in [1.807, 2.05) is 30.3 Å². The summed E-state index contributed by atoms with van der Waals surface area (Å²) >= 11 is 0. The number of carbonyl (C=O) groups is 1. The van der Waals surface area contributed by atoms with E-state index in [-0.39, 0.29) is 24.1 Å². The zero-order valence-corrected chi connectivity index (χ0v) is 14.5. The second-order valence-corrected chi connectivity index (χ2v) is 6.43. The molecule has 1 atom stereocenters. The molecule has 132 valence electrons. The molecule has 0 saturated heterocycles. The average Bonchev–Trinajstić information content (AvgIpc) is 2.60. The number of carbonyl (C=O) groups excluding carboxylic acids is 1. The van der Waals surface area contributed by atoms with Crippen molar-refractivity contribution in [1.29, 1.82) is 0 Å². The largest absolute Gasteiger partial charge is 0.508 e. The molecule has 4 heteroatoms. The Morgan fingerprint density at radius 2 is 2.04 bits per heavy atom. The third kappa shape index (κ3) is 4.32. The topological polar surface area (TPSA) is 55.8 Å². The van der Waals surface area contributed by atoms with Crippen molar-refractivity contribution in [2.45, 2.75) is 44.9 Å². The third-order valence-electron chi connectivity index (χ3n) is 4.49. The van der Waals surface area contributed by atoms with E-state index in [0.717, 1.165) is 23.3 Å². The van der Waals surface area contributed by atoms with Gasteiger partial charge < -0.3 is 14.6 Å². The Balaban J connectivity index is 1.76. The van der Waals surface area contributed by atoms with E-state index >= 15 is 0 Å². The lowest BCUT2D eigenvalue weighted by Gasteiger charge is -2.25. The van der Waals surface area contributed by atoms with E-state index in [1.54, 1.807) is 6.07 Å². The summed E-state index contributed by atoms with van der Waals surface area (Å²) in [7, 11) is 0. The molecule has 3 rings (SSSR count). The van der Waals surface area contributed by atoms with Gasteiger partial charge in [-0.1, -0.05) is 44.4 Å². The van der Waals surface area contributed by atoms with Gasteiger partial charge in [-0.2, -0.15) is 0 Å². The van der Waals surface area contributed by atoms with Crippen LogP contribution in [0.2, 0.25) is 0 Å². The highest BCUT2D eigenvalue weighted by Crippen LogP contribution is 2.40. The van der Waals surface area contributed by atoms with Gasteiger partial charge in [0.2, 0.25) is 0 Å². The van der Waals surface area contributed by atoms with E-state index < -0.39 is 0 Å². The predicted molar refractivity (Wildman–Crippen MR) is 96.3 cm³/mol. The third-order valence-corrected chi connectivity index (χ3v) is 4.49. The van der Waals surface area contributed by atoms with Crippen molar-refractivity contribution in [3.8, 4) is 17.2 Å². The van der Waals surface area contributed by atoms with Gasteiger partial charge in [-0.25, -0.2) is 0 Å². The Morgan fingerprint density at radius 1 is 1.16 bits per heavy atom. The van der Waals surface area contributed by atoms with E-state index in [9.17, 15) is 9.90 Å². The fourth-order valence-electron chi connectivity index (χ4n) is 3.18. The fourth-order valence-corrected chi connectivity index (χ4v) is 3.18. The minimum atomic E-state index is -0.283. The lowest BCUT2D eigenvalue weighted by atomic mass is 9.86. The van der Waals surface area contributed by atoms with Crippen LogP contribution in [-0.2, 0) is 4.79 Å². The summed E-state index contributed by atoms with van der Waals surface area (Å²) in [6, 6.07) is 12.8. The number of benzene rings is 2. The molecule has 0 spiro atoms. The number of rotatable bonds is 7. The van der Waals surface area contributed by atoms with Crippen LogP contribution in [0.25, 0.3) is 0 Å². The number of hydrogen-bond acceptors (Lipinski definition) is 4. The van der Waals surface area contributed by atoms with Crippen molar-refractivity contribution in [2.24, 2.45) is 0 Å². The molecule has 1 N–H and O–H groups in total. The van der Waals surface area contributed by atoms with Gasteiger partial charge in [0.25, 0.3) is 0 Å². The van der Waals surface area contributed by atoms with Crippen molar-refractivity contribution in [2.75, 3.05) is 6.61 Å². The van der Waals surface area contributed by atoms with Crippen molar-refractivity contribution < 1.29 is 19.4 Å². The number of unbranched alkanes of at least 4 members (excludes halogenated alkanes) is 3. The molecule has 25 heavy (non-hydrogen) atoms. The fraction of sp³-hybridized carbons (Fsp3) is 0.381. The Morgan fingerprint density at radius 3 is 2.88 bits per heavy atom. The first-order valence-corrected chi connectivity index (χ1v) is 8.93. The van der Waals surface area contributed by atoms with Gasteiger partial charge in [0, 0.05) is 17.5 Å². The highest BCUT2D eigenvalue weighted by atomic mass is 16.5. The minimum absolute atomic E-state index is 0.0829. The van der Waals surface area contributed by atoms with Gasteiger partial charge >= 0.3 is 5.97 Å². The first-order chi connectivity index (χ1) is 12.2. The maximum atomic E-state index is 11.9. The molecule has 0 aliphatic carbocycles. The van der Waals surface area contributed by atoms with Crippen LogP contribution < -0.4 is 9.47 Å². The standard InChI is InChI=1S/C21H24O4/c1-2-3-4-5-11-24-17-8-6-7-15(12-17)19-14-21(23)25-20-13-16(22)9-10-18(19)20/h6-10,12-13,19,22H,2-5,11,14H2,1H3. The number of aromatic hydroxyl groups is 1. The summed E-state index contributed by atoms with van der Waals surface area (Å²) in [4.78, 5) is 11.9. The Bertz CT molecular complexity index is 738. The zero-order chi connectivity index (χ0) is 17.6. The number of esters is 1. The number of fused-ring (bicyclic) bond motifs is 1. The smallest absolute Gasteiger partial charge is 0.312 e. The molecule has 2 aromatic rings. The van der Waals surface area contributed by atoms with E-state index in [0.29, 0.717) is 12.4 Å². The monoisotopic (exact) mass is 340 g/mol. The zero-order valence-electron chi connectivity index (χ0n) is 14.5. The summed E-state index contributed by atoms with van der Waals surface area (Å²) in [5.41, 5.74) is 1.94. The van der Waals surface area contributed by atoms with E-state index in [2.05, 4.69) is 6.92 Å². The van der Waals surface area contributed by atoms with Crippen LogP contribution >= 0.6 is 0 Å². The van der Waals surface area contributed by atoms with Crippen LogP contribution in [0.4, 0.5) is 0 Å². The molecule has 0 aromatic heterocycles. The predicted octanol–water partition coefficient (Wildman–Crippen LogP) is 4.79.